The number of amides is 1. The van der Waals surface area contributed by atoms with Crippen LogP contribution in [0.4, 0.5) is 11.4 Å². The van der Waals surface area contributed by atoms with Crippen LogP contribution in [0.2, 0.25) is 0 Å². The number of hydrogen-bond acceptors (Lipinski definition) is 4. The molecule has 3 N–H and O–H groups in total. The van der Waals surface area contributed by atoms with E-state index in [1.54, 1.807) is 24.3 Å². The Labute approximate surface area is 175 Å². The number of anilines is 2. The molecule has 3 aromatic carbocycles. The number of hydrogen-bond donors (Lipinski definition) is 3. The average Bonchev–Trinajstić information content (AvgIpc) is 2.68. The van der Waals surface area contributed by atoms with Crippen molar-refractivity contribution in [3.63, 3.8) is 0 Å². The van der Waals surface area contributed by atoms with Crippen LogP contribution in [0.5, 0.6) is 0 Å². The lowest BCUT2D eigenvalue weighted by Gasteiger charge is -2.11. The summed E-state index contributed by atoms with van der Waals surface area (Å²) in [5, 5.41) is 11.7. The Hall–Kier alpha value is -3.17. The fourth-order valence-corrected chi connectivity index (χ4v) is 4.00. The van der Waals surface area contributed by atoms with Crippen LogP contribution in [0.25, 0.3) is 0 Å². The molecule has 0 radical (unpaired) electrons. The number of halogens is 1. The van der Waals surface area contributed by atoms with Crippen LogP contribution in [-0.4, -0.2) is 25.4 Å². The highest BCUT2D eigenvalue weighted by molar-refractivity contribution is 9.10. The molecule has 0 aliphatic rings. The maximum absolute atomic E-state index is 12.7. The molecule has 0 saturated heterocycles. The molecular formula is C20H15BrN2O5S. The van der Waals surface area contributed by atoms with Crippen molar-refractivity contribution in [2.45, 2.75) is 4.90 Å². The van der Waals surface area contributed by atoms with Gasteiger partial charge in [-0.3, -0.25) is 9.52 Å². The summed E-state index contributed by atoms with van der Waals surface area (Å²) in [6.07, 6.45) is 0. The molecule has 1 amide bonds. The summed E-state index contributed by atoms with van der Waals surface area (Å²) in [7, 11) is -4.05. The molecule has 0 bridgehead atoms. The Morgan fingerprint density at radius 3 is 2.24 bits per heavy atom. The normalized spacial score (nSPS) is 10.9. The molecule has 29 heavy (non-hydrogen) atoms. The van der Waals surface area contributed by atoms with Gasteiger partial charge in [0.05, 0.1) is 16.0 Å². The predicted octanol–water partition coefficient (Wildman–Crippen LogP) is 4.20. The van der Waals surface area contributed by atoms with E-state index in [1.807, 2.05) is 6.07 Å². The van der Waals surface area contributed by atoms with Gasteiger partial charge in [0, 0.05) is 15.8 Å². The first-order valence-corrected chi connectivity index (χ1v) is 10.6. The lowest BCUT2D eigenvalue weighted by molar-refractivity contribution is 0.0696. The minimum absolute atomic E-state index is 0.0519. The number of carboxylic acids is 1. The number of rotatable bonds is 6. The third kappa shape index (κ3) is 5.01. The maximum atomic E-state index is 12.7. The smallest absolute Gasteiger partial charge is 0.335 e. The van der Waals surface area contributed by atoms with Crippen LogP contribution in [0.15, 0.2) is 82.2 Å². The third-order valence-electron chi connectivity index (χ3n) is 3.89. The van der Waals surface area contributed by atoms with Crippen molar-refractivity contribution in [2.75, 3.05) is 10.0 Å². The van der Waals surface area contributed by atoms with Crippen molar-refractivity contribution in [1.29, 1.82) is 0 Å². The molecule has 0 spiro atoms. The number of carbonyl (C=O) groups is 2. The van der Waals surface area contributed by atoms with Gasteiger partial charge in [0.15, 0.2) is 0 Å². The second kappa shape index (κ2) is 8.46. The monoisotopic (exact) mass is 474 g/mol. The fraction of sp³-hybridized carbons (Fsp3) is 0. The van der Waals surface area contributed by atoms with E-state index < -0.39 is 21.9 Å². The zero-order valence-corrected chi connectivity index (χ0v) is 17.2. The Morgan fingerprint density at radius 1 is 0.862 bits per heavy atom. The van der Waals surface area contributed by atoms with Gasteiger partial charge in [-0.05, 0) is 64.5 Å². The summed E-state index contributed by atoms with van der Waals surface area (Å²) < 4.78 is 28.2. The summed E-state index contributed by atoms with van der Waals surface area (Å²) in [4.78, 5) is 23.5. The van der Waals surface area contributed by atoms with Gasteiger partial charge in [-0.15, -0.1) is 0 Å². The van der Waals surface area contributed by atoms with Crippen LogP contribution in [0, 0.1) is 0 Å². The molecular weight excluding hydrogens is 460 g/mol. The highest BCUT2D eigenvalue weighted by Crippen LogP contribution is 2.24. The second-order valence-corrected chi connectivity index (χ2v) is 8.49. The largest absolute Gasteiger partial charge is 0.478 e. The van der Waals surface area contributed by atoms with Crippen LogP contribution < -0.4 is 10.0 Å². The molecule has 0 unspecified atom stereocenters. The van der Waals surface area contributed by atoms with E-state index in [1.165, 1.54) is 42.5 Å². The molecule has 0 fully saturated rings. The van der Waals surface area contributed by atoms with Gasteiger partial charge in [0.1, 0.15) is 0 Å². The fourth-order valence-electron chi connectivity index (χ4n) is 2.50. The Balaban J connectivity index is 1.88. The van der Waals surface area contributed by atoms with Gasteiger partial charge in [0.25, 0.3) is 15.9 Å². The van der Waals surface area contributed by atoms with Gasteiger partial charge in [-0.25, -0.2) is 13.2 Å². The Morgan fingerprint density at radius 2 is 1.55 bits per heavy atom. The van der Waals surface area contributed by atoms with Crippen molar-refractivity contribution in [2.24, 2.45) is 0 Å². The molecule has 3 rings (SSSR count). The minimum atomic E-state index is -4.05. The van der Waals surface area contributed by atoms with Gasteiger partial charge in [0.2, 0.25) is 0 Å². The Kier molecular flexibility index (Phi) is 6.00. The standard InChI is InChI=1S/C20H15BrN2O5S/c21-18-10-9-16(12-17(18)19(24)22-14-6-2-1-3-7-14)29(27,28)23-15-8-4-5-13(11-15)20(25)26/h1-12,23H,(H,22,24)(H,25,26). The van der Waals surface area contributed by atoms with E-state index in [0.717, 1.165) is 0 Å². The summed E-state index contributed by atoms with van der Waals surface area (Å²) in [6, 6.07) is 18.2. The molecule has 0 heterocycles. The lowest BCUT2D eigenvalue weighted by atomic mass is 10.2. The number of aromatic carboxylic acids is 1. The molecule has 0 atom stereocenters. The van der Waals surface area contributed by atoms with Gasteiger partial charge in [-0.1, -0.05) is 24.3 Å². The zero-order valence-electron chi connectivity index (χ0n) is 14.8. The third-order valence-corrected chi connectivity index (χ3v) is 5.96. The molecule has 3 aromatic rings. The van der Waals surface area contributed by atoms with Gasteiger partial charge in [-0.2, -0.15) is 0 Å². The van der Waals surface area contributed by atoms with Gasteiger partial charge >= 0.3 is 5.97 Å². The molecule has 7 nitrogen and oxygen atoms in total. The molecule has 0 aliphatic carbocycles. The first-order chi connectivity index (χ1) is 13.8. The molecule has 148 valence electrons. The van der Waals surface area contributed by atoms with Crippen molar-refractivity contribution < 1.29 is 23.1 Å². The number of sulfonamides is 1. The molecule has 0 saturated carbocycles. The number of benzene rings is 3. The second-order valence-electron chi connectivity index (χ2n) is 5.95. The molecule has 0 aliphatic heterocycles. The first-order valence-electron chi connectivity index (χ1n) is 8.28. The first kappa shape index (κ1) is 20.6. The number of para-hydroxylation sites is 1. The van der Waals surface area contributed by atoms with E-state index in [9.17, 15) is 18.0 Å². The summed E-state index contributed by atoms with van der Waals surface area (Å²) in [5.41, 5.74) is 0.754. The van der Waals surface area contributed by atoms with Crippen LogP contribution in [0.1, 0.15) is 20.7 Å². The maximum Gasteiger partial charge on any atom is 0.335 e. The van der Waals surface area contributed by atoms with E-state index >= 15 is 0 Å². The minimum Gasteiger partial charge on any atom is -0.478 e. The lowest BCUT2D eigenvalue weighted by Crippen LogP contribution is -2.16. The Bertz CT molecular complexity index is 1180. The van der Waals surface area contributed by atoms with Crippen molar-refractivity contribution >= 4 is 49.2 Å². The zero-order chi connectivity index (χ0) is 21.0. The molecule has 0 aromatic heterocycles. The van der Waals surface area contributed by atoms with Crippen molar-refractivity contribution in [3.8, 4) is 0 Å². The van der Waals surface area contributed by atoms with Crippen LogP contribution >= 0.6 is 15.9 Å². The highest BCUT2D eigenvalue weighted by atomic mass is 79.9. The average molecular weight is 475 g/mol. The van der Waals surface area contributed by atoms with Crippen LogP contribution in [-0.2, 0) is 10.0 Å². The van der Waals surface area contributed by atoms with Crippen molar-refractivity contribution in [3.05, 3.63) is 88.4 Å². The van der Waals surface area contributed by atoms with Crippen LogP contribution in [0.3, 0.4) is 0 Å². The predicted molar refractivity (Wildman–Crippen MR) is 113 cm³/mol. The highest BCUT2D eigenvalue weighted by Gasteiger charge is 2.19. The topological polar surface area (TPSA) is 113 Å². The summed E-state index contributed by atoms with van der Waals surface area (Å²) >= 11 is 3.26. The number of nitrogens with one attached hydrogen (secondary N) is 2. The SMILES string of the molecule is O=C(O)c1cccc(NS(=O)(=O)c2ccc(Br)c(C(=O)Nc3ccccc3)c2)c1. The van der Waals surface area contributed by atoms with Crippen molar-refractivity contribution in [1.82, 2.24) is 0 Å². The van der Waals surface area contributed by atoms with Gasteiger partial charge < -0.3 is 10.4 Å². The van der Waals surface area contributed by atoms with E-state index in [2.05, 4.69) is 26.0 Å². The molecule has 9 heteroatoms. The van der Waals surface area contributed by atoms with E-state index in [0.29, 0.717) is 10.2 Å². The summed E-state index contributed by atoms with van der Waals surface area (Å²) in [6.45, 7) is 0. The summed E-state index contributed by atoms with van der Waals surface area (Å²) in [5.74, 6) is -1.65. The van der Waals surface area contributed by atoms with E-state index in [-0.39, 0.29) is 21.7 Å². The number of carbonyl (C=O) groups excluding carboxylic acids is 1. The van der Waals surface area contributed by atoms with E-state index in [4.69, 9.17) is 5.11 Å². The number of carboxylic acid groups (broad SMARTS) is 1. The quantitative estimate of drug-likeness (QED) is 0.495.